The number of carboxylic acid groups (broad SMARTS) is 2. The number of hydrogen-bond acceptors (Lipinski definition) is 3. The van der Waals surface area contributed by atoms with Crippen LogP contribution in [0, 0.1) is 5.92 Å². The van der Waals surface area contributed by atoms with Crippen LogP contribution in [0.1, 0.15) is 18.9 Å². The molecule has 1 aromatic carbocycles. The lowest BCUT2D eigenvalue weighted by atomic mass is 9.97. The molecule has 8 heteroatoms. The average Bonchev–Trinajstić information content (AvgIpc) is 2.39. The van der Waals surface area contributed by atoms with Crippen LogP contribution in [0.25, 0.3) is 0 Å². The van der Waals surface area contributed by atoms with Gasteiger partial charge in [0.15, 0.2) is 0 Å². The molecule has 2 atom stereocenters. The molecule has 5 nitrogen and oxygen atoms in total. The highest BCUT2D eigenvalue weighted by Crippen LogP contribution is 2.13. The van der Waals surface area contributed by atoms with Gasteiger partial charge in [-0.15, -0.1) is 0 Å². The monoisotopic (exact) mass is 321 g/mol. The number of alkyl halides is 3. The SMILES string of the molecule is CC(CC(N)Cc1ccccc1)C(=O)O.O=C(O)C(F)(F)F. The fourth-order valence-corrected chi connectivity index (χ4v) is 1.56. The lowest BCUT2D eigenvalue weighted by Crippen LogP contribution is -2.28. The molecule has 124 valence electrons. The Morgan fingerprint density at radius 1 is 1.18 bits per heavy atom. The van der Waals surface area contributed by atoms with Crippen LogP contribution < -0.4 is 5.73 Å². The summed E-state index contributed by atoms with van der Waals surface area (Å²) in [5, 5.41) is 15.9. The van der Waals surface area contributed by atoms with Gasteiger partial charge in [-0.3, -0.25) is 4.79 Å². The van der Waals surface area contributed by atoms with Crippen LogP contribution in [0.15, 0.2) is 30.3 Å². The van der Waals surface area contributed by atoms with Crippen LogP contribution in [0.3, 0.4) is 0 Å². The summed E-state index contributed by atoms with van der Waals surface area (Å²) in [4.78, 5) is 19.5. The van der Waals surface area contributed by atoms with E-state index in [1.807, 2.05) is 30.3 Å². The number of halogens is 3. The number of aliphatic carboxylic acids is 2. The van der Waals surface area contributed by atoms with Crippen LogP contribution in [0.2, 0.25) is 0 Å². The van der Waals surface area contributed by atoms with Gasteiger partial charge in [0.05, 0.1) is 5.92 Å². The highest BCUT2D eigenvalue weighted by Gasteiger charge is 2.38. The maximum absolute atomic E-state index is 10.6. The van der Waals surface area contributed by atoms with E-state index in [0.29, 0.717) is 6.42 Å². The zero-order chi connectivity index (χ0) is 17.3. The van der Waals surface area contributed by atoms with Crippen molar-refractivity contribution in [1.82, 2.24) is 0 Å². The van der Waals surface area contributed by atoms with E-state index >= 15 is 0 Å². The Labute approximate surface area is 125 Å². The highest BCUT2D eigenvalue weighted by atomic mass is 19.4. The zero-order valence-corrected chi connectivity index (χ0v) is 11.9. The van der Waals surface area contributed by atoms with Crippen molar-refractivity contribution in [3.05, 3.63) is 35.9 Å². The average molecular weight is 321 g/mol. The zero-order valence-electron chi connectivity index (χ0n) is 11.9. The molecule has 0 radical (unpaired) electrons. The Hall–Kier alpha value is -2.09. The lowest BCUT2D eigenvalue weighted by molar-refractivity contribution is -0.192. The van der Waals surface area contributed by atoms with Crippen LogP contribution >= 0.6 is 0 Å². The van der Waals surface area contributed by atoms with E-state index in [9.17, 15) is 18.0 Å². The van der Waals surface area contributed by atoms with Crippen molar-refractivity contribution in [2.24, 2.45) is 11.7 Å². The molecule has 0 spiro atoms. The summed E-state index contributed by atoms with van der Waals surface area (Å²) in [5.74, 6) is -3.91. The van der Waals surface area contributed by atoms with E-state index in [1.54, 1.807) is 6.92 Å². The first-order valence-corrected chi connectivity index (χ1v) is 6.36. The second-order valence-corrected chi connectivity index (χ2v) is 4.73. The van der Waals surface area contributed by atoms with Crippen molar-refractivity contribution in [3.8, 4) is 0 Å². The van der Waals surface area contributed by atoms with E-state index in [4.69, 9.17) is 20.7 Å². The molecule has 0 saturated heterocycles. The van der Waals surface area contributed by atoms with Gasteiger partial charge in [-0.25, -0.2) is 4.79 Å². The third kappa shape index (κ3) is 8.96. The second-order valence-electron chi connectivity index (χ2n) is 4.73. The van der Waals surface area contributed by atoms with E-state index in [-0.39, 0.29) is 12.0 Å². The molecule has 0 aliphatic rings. The van der Waals surface area contributed by atoms with E-state index in [1.165, 1.54) is 0 Å². The topological polar surface area (TPSA) is 101 Å². The standard InChI is InChI=1S/C12H17NO2.C2HF3O2/c1-9(12(14)15)7-11(13)8-10-5-3-2-4-6-10;3-2(4,5)1(6)7/h2-6,9,11H,7-8,13H2,1H3,(H,14,15);(H,6,7). The predicted octanol–water partition coefficient (Wildman–Crippen LogP) is 2.30. The van der Waals surface area contributed by atoms with Gasteiger partial charge in [0.2, 0.25) is 0 Å². The molecule has 0 aliphatic carbocycles. The number of rotatable bonds is 5. The lowest BCUT2D eigenvalue weighted by Gasteiger charge is -2.14. The van der Waals surface area contributed by atoms with Gasteiger partial charge in [0.25, 0.3) is 0 Å². The summed E-state index contributed by atoms with van der Waals surface area (Å²) in [6.07, 6.45) is -3.83. The summed E-state index contributed by atoms with van der Waals surface area (Å²) in [6, 6.07) is 9.80. The number of carbonyl (C=O) groups is 2. The first-order chi connectivity index (χ1) is 10.0. The summed E-state index contributed by atoms with van der Waals surface area (Å²) in [5.41, 5.74) is 7.04. The summed E-state index contributed by atoms with van der Waals surface area (Å²) in [6.45, 7) is 1.69. The molecule has 0 aromatic heterocycles. The van der Waals surface area contributed by atoms with Crippen molar-refractivity contribution >= 4 is 11.9 Å². The van der Waals surface area contributed by atoms with Crippen molar-refractivity contribution in [2.45, 2.75) is 32.0 Å². The van der Waals surface area contributed by atoms with Crippen LogP contribution in [-0.2, 0) is 16.0 Å². The predicted molar refractivity (Wildman–Crippen MR) is 73.2 cm³/mol. The molecule has 0 heterocycles. The van der Waals surface area contributed by atoms with Gasteiger partial charge >= 0.3 is 18.1 Å². The van der Waals surface area contributed by atoms with Gasteiger partial charge in [0, 0.05) is 6.04 Å². The Morgan fingerprint density at radius 3 is 2.00 bits per heavy atom. The van der Waals surface area contributed by atoms with Crippen molar-refractivity contribution < 1.29 is 33.0 Å². The fourth-order valence-electron chi connectivity index (χ4n) is 1.56. The number of nitrogens with two attached hydrogens (primary N) is 1. The first kappa shape index (κ1) is 19.9. The minimum Gasteiger partial charge on any atom is -0.481 e. The fraction of sp³-hybridized carbons (Fsp3) is 0.429. The molecule has 0 amide bonds. The maximum atomic E-state index is 10.6. The van der Waals surface area contributed by atoms with Crippen LogP contribution in [0.4, 0.5) is 13.2 Å². The molecule has 0 fully saturated rings. The molecule has 1 aromatic rings. The second kappa shape index (κ2) is 9.04. The minimum absolute atomic E-state index is 0.0847. The number of hydrogen-bond donors (Lipinski definition) is 3. The van der Waals surface area contributed by atoms with Gasteiger partial charge < -0.3 is 15.9 Å². The molecule has 1 rings (SSSR count). The Bertz CT molecular complexity index is 477. The molecular formula is C14H18F3NO4. The molecule has 2 unspecified atom stereocenters. The van der Waals surface area contributed by atoms with Crippen molar-refractivity contribution in [1.29, 1.82) is 0 Å². The Morgan fingerprint density at radius 2 is 1.64 bits per heavy atom. The Kier molecular flexibility index (Phi) is 8.18. The number of benzene rings is 1. The quantitative estimate of drug-likeness (QED) is 0.772. The molecule has 22 heavy (non-hydrogen) atoms. The molecule has 0 saturated carbocycles. The summed E-state index contributed by atoms with van der Waals surface area (Å²) < 4.78 is 31.7. The molecule has 0 bridgehead atoms. The molecule has 4 N–H and O–H groups in total. The largest absolute Gasteiger partial charge is 0.490 e. The van der Waals surface area contributed by atoms with Gasteiger partial charge in [-0.2, -0.15) is 13.2 Å². The van der Waals surface area contributed by atoms with Crippen LogP contribution in [-0.4, -0.2) is 34.4 Å². The maximum Gasteiger partial charge on any atom is 0.490 e. The van der Waals surface area contributed by atoms with Gasteiger partial charge in [0.1, 0.15) is 0 Å². The smallest absolute Gasteiger partial charge is 0.481 e. The van der Waals surface area contributed by atoms with Crippen LogP contribution in [0.5, 0.6) is 0 Å². The summed E-state index contributed by atoms with van der Waals surface area (Å²) >= 11 is 0. The summed E-state index contributed by atoms with van der Waals surface area (Å²) in [7, 11) is 0. The van der Waals surface area contributed by atoms with E-state index < -0.39 is 18.1 Å². The van der Waals surface area contributed by atoms with Crippen molar-refractivity contribution in [3.63, 3.8) is 0 Å². The van der Waals surface area contributed by atoms with E-state index in [2.05, 4.69) is 0 Å². The third-order valence-electron chi connectivity index (χ3n) is 2.66. The Balaban J connectivity index is 0.000000534. The molecular weight excluding hydrogens is 303 g/mol. The highest BCUT2D eigenvalue weighted by molar-refractivity contribution is 5.73. The number of carboxylic acids is 2. The van der Waals surface area contributed by atoms with E-state index in [0.717, 1.165) is 12.0 Å². The molecule has 0 aliphatic heterocycles. The minimum atomic E-state index is -5.08. The normalized spacial score (nSPS) is 13.5. The van der Waals surface area contributed by atoms with Gasteiger partial charge in [-0.1, -0.05) is 37.3 Å². The first-order valence-electron chi connectivity index (χ1n) is 6.36. The third-order valence-corrected chi connectivity index (χ3v) is 2.66. The van der Waals surface area contributed by atoms with Gasteiger partial charge in [-0.05, 0) is 18.4 Å². The van der Waals surface area contributed by atoms with Crippen molar-refractivity contribution in [2.75, 3.05) is 0 Å².